The first kappa shape index (κ1) is 14.7. The number of aliphatic hydroxyl groups is 1. The van der Waals surface area contributed by atoms with Gasteiger partial charge in [-0.2, -0.15) is 5.10 Å². The third kappa shape index (κ3) is 3.67. The van der Waals surface area contributed by atoms with E-state index in [9.17, 15) is 9.59 Å². The Morgan fingerprint density at radius 2 is 1.95 bits per heavy atom. The van der Waals surface area contributed by atoms with Crippen molar-refractivity contribution >= 4 is 17.5 Å². The molecule has 2 rings (SSSR count). The quantitative estimate of drug-likeness (QED) is 0.649. The van der Waals surface area contributed by atoms with Crippen LogP contribution in [0, 0.1) is 6.92 Å². The molecule has 2 aromatic rings. The molecule has 0 aliphatic rings. The van der Waals surface area contributed by atoms with E-state index < -0.39 is 0 Å². The first-order valence-corrected chi connectivity index (χ1v) is 6.42. The lowest BCUT2D eigenvalue weighted by atomic mass is 10.2. The minimum atomic E-state index is -0.271. The van der Waals surface area contributed by atoms with Crippen LogP contribution in [0.1, 0.15) is 26.4 Å². The van der Waals surface area contributed by atoms with E-state index in [-0.39, 0.29) is 25.0 Å². The van der Waals surface area contributed by atoms with Crippen LogP contribution in [0.4, 0.5) is 5.69 Å². The van der Waals surface area contributed by atoms with Gasteiger partial charge in [0.1, 0.15) is 0 Å². The maximum Gasteiger partial charge on any atom is 0.259 e. The van der Waals surface area contributed by atoms with Crippen molar-refractivity contribution < 1.29 is 14.7 Å². The summed E-state index contributed by atoms with van der Waals surface area (Å²) >= 11 is 0. The van der Waals surface area contributed by atoms with Gasteiger partial charge in [-0.3, -0.25) is 14.7 Å². The zero-order valence-electron chi connectivity index (χ0n) is 11.5. The summed E-state index contributed by atoms with van der Waals surface area (Å²) in [6.45, 7) is 1.86. The van der Waals surface area contributed by atoms with Crippen LogP contribution in [-0.2, 0) is 0 Å². The number of amides is 2. The van der Waals surface area contributed by atoms with Crippen molar-refractivity contribution in [1.29, 1.82) is 0 Å². The number of anilines is 1. The number of aliphatic hydroxyl groups excluding tert-OH is 1. The number of nitrogens with one attached hydrogen (secondary N) is 3. The van der Waals surface area contributed by atoms with Gasteiger partial charge in [-0.25, -0.2) is 0 Å². The van der Waals surface area contributed by atoms with E-state index in [1.165, 1.54) is 6.20 Å². The van der Waals surface area contributed by atoms with E-state index >= 15 is 0 Å². The maximum atomic E-state index is 12.0. The molecule has 21 heavy (non-hydrogen) atoms. The van der Waals surface area contributed by atoms with Crippen LogP contribution in [-0.4, -0.2) is 40.3 Å². The molecule has 0 saturated carbocycles. The largest absolute Gasteiger partial charge is 0.395 e. The van der Waals surface area contributed by atoms with E-state index in [2.05, 4.69) is 20.8 Å². The van der Waals surface area contributed by atoms with Gasteiger partial charge < -0.3 is 15.7 Å². The van der Waals surface area contributed by atoms with Crippen LogP contribution in [0.5, 0.6) is 0 Å². The molecule has 1 aromatic carbocycles. The molecular formula is C14H16N4O3. The van der Waals surface area contributed by atoms with E-state index in [1.54, 1.807) is 31.2 Å². The van der Waals surface area contributed by atoms with E-state index in [1.807, 2.05) is 0 Å². The summed E-state index contributed by atoms with van der Waals surface area (Å²) in [4.78, 5) is 23.6. The Hall–Kier alpha value is -2.67. The van der Waals surface area contributed by atoms with Crippen molar-refractivity contribution in [2.45, 2.75) is 6.92 Å². The predicted octanol–water partition coefficient (Wildman–Crippen LogP) is 0.693. The highest BCUT2D eigenvalue weighted by molar-refractivity contribution is 6.05. The molecule has 0 fully saturated rings. The van der Waals surface area contributed by atoms with Gasteiger partial charge >= 0.3 is 0 Å². The summed E-state index contributed by atoms with van der Waals surface area (Å²) in [5.74, 6) is -0.536. The highest BCUT2D eigenvalue weighted by atomic mass is 16.3. The normalized spacial score (nSPS) is 10.2. The van der Waals surface area contributed by atoms with Gasteiger partial charge in [0.05, 0.1) is 18.4 Å². The maximum absolute atomic E-state index is 12.0. The number of carbonyl (C=O) groups excluding carboxylic acids is 2. The molecule has 110 valence electrons. The summed E-state index contributed by atoms with van der Waals surface area (Å²) in [7, 11) is 0. The van der Waals surface area contributed by atoms with Crippen molar-refractivity contribution in [3.8, 4) is 0 Å². The Morgan fingerprint density at radius 1 is 1.24 bits per heavy atom. The topological polar surface area (TPSA) is 107 Å². The number of aromatic nitrogens is 2. The third-order valence-corrected chi connectivity index (χ3v) is 2.88. The lowest BCUT2D eigenvalue weighted by Crippen LogP contribution is -2.26. The molecule has 1 aromatic heterocycles. The molecule has 0 radical (unpaired) electrons. The summed E-state index contributed by atoms with van der Waals surface area (Å²) in [6, 6.07) is 6.48. The van der Waals surface area contributed by atoms with Gasteiger partial charge in [-0.1, -0.05) is 0 Å². The van der Waals surface area contributed by atoms with Crippen LogP contribution in [0.15, 0.2) is 30.5 Å². The molecule has 1 heterocycles. The zero-order chi connectivity index (χ0) is 15.2. The molecule has 2 amide bonds. The first-order valence-electron chi connectivity index (χ1n) is 6.42. The minimum Gasteiger partial charge on any atom is -0.395 e. The number of benzene rings is 1. The summed E-state index contributed by atoms with van der Waals surface area (Å²) in [5.41, 5.74) is 2.20. The first-order chi connectivity index (χ1) is 10.1. The second-order valence-corrected chi connectivity index (χ2v) is 4.42. The Bertz CT molecular complexity index is 634. The van der Waals surface area contributed by atoms with E-state index in [4.69, 9.17) is 5.11 Å². The highest BCUT2D eigenvalue weighted by Gasteiger charge is 2.11. The number of carbonyl (C=O) groups is 2. The molecule has 0 atom stereocenters. The molecular weight excluding hydrogens is 272 g/mol. The second-order valence-electron chi connectivity index (χ2n) is 4.42. The molecule has 0 saturated heterocycles. The van der Waals surface area contributed by atoms with Gasteiger partial charge in [-0.05, 0) is 31.2 Å². The van der Waals surface area contributed by atoms with Crippen molar-refractivity contribution in [3.63, 3.8) is 0 Å². The van der Waals surface area contributed by atoms with Crippen molar-refractivity contribution in [1.82, 2.24) is 15.5 Å². The number of nitrogens with zero attached hydrogens (tertiary/aromatic N) is 1. The fraction of sp³-hybridized carbons (Fsp3) is 0.214. The van der Waals surface area contributed by atoms with Crippen molar-refractivity contribution in [2.75, 3.05) is 18.5 Å². The van der Waals surface area contributed by atoms with Crippen LogP contribution < -0.4 is 10.6 Å². The van der Waals surface area contributed by atoms with Gasteiger partial charge in [-0.15, -0.1) is 0 Å². The molecule has 0 spiro atoms. The Balaban J connectivity index is 2.01. The molecule has 4 N–H and O–H groups in total. The number of aryl methyl sites for hydroxylation is 1. The van der Waals surface area contributed by atoms with E-state index in [0.717, 1.165) is 0 Å². The zero-order valence-corrected chi connectivity index (χ0v) is 11.5. The van der Waals surface area contributed by atoms with Crippen LogP contribution >= 0.6 is 0 Å². The molecule has 7 heteroatoms. The Morgan fingerprint density at radius 3 is 2.52 bits per heavy atom. The van der Waals surface area contributed by atoms with Gasteiger partial charge in [0.25, 0.3) is 11.8 Å². The van der Waals surface area contributed by atoms with Crippen molar-refractivity contribution in [3.05, 3.63) is 47.3 Å². The fourth-order valence-electron chi connectivity index (χ4n) is 1.75. The number of rotatable bonds is 5. The molecule has 0 aliphatic heterocycles. The van der Waals surface area contributed by atoms with Gasteiger partial charge in [0.15, 0.2) is 0 Å². The van der Waals surface area contributed by atoms with Gasteiger partial charge in [0.2, 0.25) is 0 Å². The second kappa shape index (κ2) is 6.67. The lowest BCUT2D eigenvalue weighted by molar-refractivity contribution is 0.0944. The molecule has 0 aliphatic carbocycles. The fourth-order valence-corrected chi connectivity index (χ4v) is 1.75. The monoisotopic (exact) mass is 288 g/mol. The standard InChI is InChI=1S/C14H16N4O3/c1-9-12(8-16-18-9)14(21)17-11-4-2-10(3-5-11)13(20)15-6-7-19/h2-5,8,19H,6-7H2,1H3,(H,15,20)(H,16,18)(H,17,21). The Kier molecular flexibility index (Phi) is 4.68. The number of aromatic amines is 1. The molecule has 7 nitrogen and oxygen atoms in total. The summed E-state index contributed by atoms with van der Waals surface area (Å²) in [6.07, 6.45) is 1.46. The summed E-state index contributed by atoms with van der Waals surface area (Å²) < 4.78 is 0. The average molecular weight is 288 g/mol. The van der Waals surface area contributed by atoms with Gasteiger partial charge in [0, 0.05) is 23.5 Å². The lowest BCUT2D eigenvalue weighted by Gasteiger charge is -2.06. The third-order valence-electron chi connectivity index (χ3n) is 2.88. The molecule has 0 unspecified atom stereocenters. The minimum absolute atomic E-state index is 0.107. The average Bonchev–Trinajstić information content (AvgIpc) is 2.91. The van der Waals surface area contributed by atoms with E-state index in [0.29, 0.717) is 22.5 Å². The van der Waals surface area contributed by atoms with Crippen LogP contribution in [0.2, 0.25) is 0 Å². The van der Waals surface area contributed by atoms with Crippen LogP contribution in [0.25, 0.3) is 0 Å². The summed E-state index contributed by atoms with van der Waals surface area (Å²) in [5, 5.41) is 20.4. The number of hydrogen-bond donors (Lipinski definition) is 4. The highest BCUT2D eigenvalue weighted by Crippen LogP contribution is 2.12. The smallest absolute Gasteiger partial charge is 0.259 e. The van der Waals surface area contributed by atoms with Crippen molar-refractivity contribution in [2.24, 2.45) is 0 Å². The number of hydrogen-bond acceptors (Lipinski definition) is 4. The SMILES string of the molecule is Cc1[nH]ncc1C(=O)Nc1ccc(C(=O)NCCO)cc1. The predicted molar refractivity (Wildman–Crippen MR) is 77.1 cm³/mol. The Labute approximate surface area is 121 Å². The number of H-pyrrole nitrogens is 1. The van der Waals surface area contributed by atoms with Crippen LogP contribution in [0.3, 0.4) is 0 Å². The molecule has 0 bridgehead atoms.